The molecule has 1 nitrogen and oxygen atoms in total. The Labute approximate surface area is 77.2 Å². The number of nitrogens with one attached hydrogen (secondary N) is 1. The maximum atomic E-state index is 4.41. The molecule has 1 aromatic carbocycles. The van der Waals surface area contributed by atoms with E-state index >= 15 is 0 Å². The van der Waals surface area contributed by atoms with E-state index in [-0.39, 0.29) is 0 Å². The van der Waals surface area contributed by atoms with Crippen molar-refractivity contribution >= 4 is 23.5 Å². The molecule has 0 spiro atoms. The second-order valence-corrected chi connectivity index (χ2v) is 3.74. The lowest BCUT2D eigenvalue weighted by Gasteiger charge is -2.00. The first-order valence-electron chi connectivity index (χ1n) is 4.03. The molecule has 0 bridgehead atoms. The van der Waals surface area contributed by atoms with Crippen molar-refractivity contribution < 1.29 is 0 Å². The first-order valence-corrected chi connectivity index (χ1v) is 4.55. The van der Waals surface area contributed by atoms with E-state index in [2.05, 4.69) is 42.7 Å². The van der Waals surface area contributed by atoms with Gasteiger partial charge >= 0.3 is 0 Å². The van der Waals surface area contributed by atoms with Crippen molar-refractivity contribution in [1.82, 2.24) is 4.98 Å². The summed E-state index contributed by atoms with van der Waals surface area (Å²) in [7, 11) is 0. The van der Waals surface area contributed by atoms with Crippen LogP contribution in [0.4, 0.5) is 0 Å². The Kier molecular flexibility index (Phi) is 1.85. The fourth-order valence-corrected chi connectivity index (χ4v) is 1.65. The molecule has 1 aromatic heterocycles. The molecular formula is C10H11NS. The van der Waals surface area contributed by atoms with Crippen molar-refractivity contribution in [2.75, 3.05) is 0 Å². The molecule has 0 aliphatic heterocycles. The van der Waals surface area contributed by atoms with Gasteiger partial charge in [-0.2, -0.15) is 12.6 Å². The van der Waals surface area contributed by atoms with Gasteiger partial charge < -0.3 is 4.98 Å². The van der Waals surface area contributed by atoms with E-state index in [0.717, 1.165) is 0 Å². The summed E-state index contributed by atoms with van der Waals surface area (Å²) in [5.74, 6) is 0. The summed E-state index contributed by atoms with van der Waals surface area (Å²) < 4.78 is 0. The van der Waals surface area contributed by atoms with Gasteiger partial charge in [0.25, 0.3) is 0 Å². The molecule has 0 aliphatic carbocycles. The minimum atomic E-state index is 0.293. The van der Waals surface area contributed by atoms with Crippen molar-refractivity contribution in [2.45, 2.75) is 12.2 Å². The van der Waals surface area contributed by atoms with Crippen molar-refractivity contribution in [1.29, 1.82) is 0 Å². The third-order valence-electron chi connectivity index (χ3n) is 2.07. The second-order valence-electron chi connectivity index (χ2n) is 2.97. The Morgan fingerprint density at radius 3 is 2.83 bits per heavy atom. The van der Waals surface area contributed by atoms with Crippen LogP contribution in [0.15, 0.2) is 30.5 Å². The molecule has 1 N–H and O–H groups in total. The fraction of sp³-hybridized carbons (Fsp3) is 0.200. The summed E-state index contributed by atoms with van der Waals surface area (Å²) in [6.07, 6.45) is 2.03. The summed E-state index contributed by atoms with van der Waals surface area (Å²) in [6, 6.07) is 8.28. The SMILES string of the molecule is CC(S)c1c[nH]c2ccccc12. The molecule has 0 saturated heterocycles. The van der Waals surface area contributed by atoms with Gasteiger partial charge in [-0.25, -0.2) is 0 Å². The summed E-state index contributed by atoms with van der Waals surface area (Å²) >= 11 is 4.41. The molecule has 2 aromatic rings. The number of benzene rings is 1. The van der Waals surface area contributed by atoms with E-state index < -0.39 is 0 Å². The number of aromatic amines is 1. The molecule has 1 unspecified atom stereocenters. The van der Waals surface area contributed by atoms with Gasteiger partial charge in [-0.1, -0.05) is 18.2 Å². The van der Waals surface area contributed by atoms with Crippen LogP contribution in [0.5, 0.6) is 0 Å². The van der Waals surface area contributed by atoms with Crippen molar-refractivity contribution in [3.63, 3.8) is 0 Å². The predicted octanol–water partition coefficient (Wildman–Crippen LogP) is 3.16. The third kappa shape index (κ3) is 1.12. The number of fused-ring (bicyclic) bond motifs is 1. The van der Waals surface area contributed by atoms with Crippen LogP contribution < -0.4 is 0 Å². The molecule has 0 saturated carbocycles. The van der Waals surface area contributed by atoms with Crippen LogP contribution in [0.1, 0.15) is 17.7 Å². The lowest BCUT2D eigenvalue weighted by molar-refractivity contribution is 1.13. The standard InChI is InChI=1S/C10H11NS/c1-7(12)9-6-11-10-5-3-2-4-8(9)10/h2-7,11-12H,1H3. The zero-order valence-corrected chi connectivity index (χ0v) is 7.81. The van der Waals surface area contributed by atoms with E-state index in [9.17, 15) is 0 Å². The topological polar surface area (TPSA) is 15.8 Å². The van der Waals surface area contributed by atoms with Gasteiger partial charge in [0.2, 0.25) is 0 Å². The number of aromatic nitrogens is 1. The van der Waals surface area contributed by atoms with Crippen LogP contribution in [0.2, 0.25) is 0 Å². The maximum absolute atomic E-state index is 4.41. The zero-order chi connectivity index (χ0) is 8.55. The highest BCUT2D eigenvalue weighted by Gasteiger charge is 2.05. The summed E-state index contributed by atoms with van der Waals surface area (Å²) in [4.78, 5) is 3.22. The van der Waals surface area contributed by atoms with Crippen LogP contribution in [-0.2, 0) is 0 Å². The largest absolute Gasteiger partial charge is 0.361 e. The van der Waals surface area contributed by atoms with Gasteiger partial charge in [0.1, 0.15) is 0 Å². The maximum Gasteiger partial charge on any atom is 0.0457 e. The van der Waals surface area contributed by atoms with E-state index in [0.29, 0.717) is 5.25 Å². The minimum absolute atomic E-state index is 0.293. The van der Waals surface area contributed by atoms with Gasteiger partial charge in [-0.3, -0.25) is 0 Å². The normalized spacial score (nSPS) is 13.5. The van der Waals surface area contributed by atoms with Gasteiger partial charge in [0.15, 0.2) is 0 Å². The van der Waals surface area contributed by atoms with Crippen molar-refractivity contribution in [3.8, 4) is 0 Å². The summed E-state index contributed by atoms with van der Waals surface area (Å²) in [6.45, 7) is 2.08. The van der Waals surface area contributed by atoms with Crippen LogP contribution >= 0.6 is 12.6 Å². The monoisotopic (exact) mass is 177 g/mol. The minimum Gasteiger partial charge on any atom is -0.361 e. The van der Waals surface area contributed by atoms with Gasteiger partial charge in [0, 0.05) is 22.3 Å². The molecule has 1 atom stereocenters. The summed E-state index contributed by atoms with van der Waals surface area (Å²) in [5, 5.41) is 1.57. The lowest BCUT2D eigenvalue weighted by Crippen LogP contribution is -1.79. The Balaban J connectivity index is 2.70. The number of hydrogen-bond donors (Lipinski definition) is 2. The van der Waals surface area contributed by atoms with Gasteiger partial charge in [-0.05, 0) is 18.6 Å². The van der Waals surface area contributed by atoms with Crippen LogP contribution in [0.25, 0.3) is 10.9 Å². The molecule has 0 amide bonds. The molecular weight excluding hydrogens is 166 g/mol. The van der Waals surface area contributed by atoms with Crippen LogP contribution in [0.3, 0.4) is 0 Å². The fourth-order valence-electron chi connectivity index (χ4n) is 1.44. The molecule has 0 radical (unpaired) electrons. The highest BCUT2D eigenvalue weighted by Crippen LogP contribution is 2.26. The number of rotatable bonds is 1. The molecule has 0 aliphatic rings. The summed E-state index contributed by atoms with van der Waals surface area (Å²) in [5.41, 5.74) is 2.46. The number of hydrogen-bond acceptors (Lipinski definition) is 1. The first kappa shape index (κ1) is 7.74. The number of H-pyrrole nitrogens is 1. The van der Waals surface area contributed by atoms with Crippen molar-refractivity contribution in [2.24, 2.45) is 0 Å². The molecule has 2 heteroatoms. The highest BCUT2D eigenvalue weighted by atomic mass is 32.1. The molecule has 1 heterocycles. The molecule has 2 rings (SSSR count). The Morgan fingerprint density at radius 1 is 1.33 bits per heavy atom. The number of para-hydroxylation sites is 1. The highest BCUT2D eigenvalue weighted by molar-refractivity contribution is 7.80. The zero-order valence-electron chi connectivity index (χ0n) is 6.91. The first-order chi connectivity index (χ1) is 5.79. The molecule has 12 heavy (non-hydrogen) atoms. The van der Waals surface area contributed by atoms with Crippen LogP contribution in [-0.4, -0.2) is 4.98 Å². The Morgan fingerprint density at radius 2 is 2.08 bits per heavy atom. The van der Waals surface area contributed by atoms with Crippen molar-refractivity contribution in [3.05, 3.63) is 36.0 Å². The molecule has 0 fully saturated rings. The average Bonchev–Trinajstić information content (AvgIpc) is 2.47. The second kappa shape index (κ2) is 2.87. The average molecular weight is 177 g/mol. The van der Waals surface area contributed by atoms with E-state index in [1.54, 1.807) is 0 Å². The van der Waals surface area contributed by atoms with E-state index in [1.807, 2.05) is 12.3 Å². The Bertz CT molecular complexity index is 389. The Hall–Kier alpha value is -0.890. The smallest absolute Gasteiger partial charge is 0.0457 e. The number of thiol groups is 1. The van der Waals surface area contributed by atoms with Crippen LogP contribution in [0, 0.1) is 0 Å². The van der Waals surface area contributed by atoms with E-state index in [4.69, 9.17) is 0 Å². The quantitative estimate of drug-likeness (QED) is 0.622. The third-order valence-corrected chi connectivity index (χ3v) is 2.35. The molecule has 62 valence electrons. The van der Waals surface area contributed by atoms with E-state index in [1.165, 1.54) is 16.5 Å². The van der Waals surface area contributed by atoms with Gasteiger partial charge in [-0.15, -0.1) is 0 Å². The van der Waals surface area contributed by atoms with Gasteiger partial charge in [0.05, 0.1) is 0 Å². The predicted molar refractivity (Wildman–Crippen MR) is 55.7 cm³/mol. The lowest BCUT2D eigenvalue weighted by atomic mass is 10.1.